The summed E-state index contributed by atoms with van der Waals surface area (Å²) in [6.45, 7) is 2.06. The van der Waals surface area contributed by atoms with Crippen molar-refractivity contribution in [1.82, 2.24) is 14.8 Å². The van der Waals surface area contributed by atoms with E-state index in [2.05, 4.69) is 21.7 Å². The van der Waals surface area contributed by atoms with Gasteiger partial charge in [-0.15, -0.1) is 13.2 Å². The molecule has 0 saturated heterocycles. The van der Waals surface area contributed by atoms with Gasteiger partial charge in [0.05, 0.1) is 5.69 Å². The first-order valence-corrected chi connectivity index (χ1v) is 7.92. The van der Waals surface area contributed by atoms with Crippen LogP contribution in [-0.2, 0) is 6.42 Å². The van der Waals surface area contributed by atoms with Crippen molar-refractivity contribution < 1.29 is 17.9 Å². The number of benzene rings is 2. The maximum atomic E-state index is 12.2. The molecule has 5 nitrogen and oxygen atoms in total. The summed E-state index contributed by atoms with van der Waals surface area (Å²) in [5.41, 5.74) is 8.13. The zero-order valence-corrected chi connectivity index (χ0v) is 13.9. The molecule has 136 valence electrons. The molecule has 0 radical (unpaired) electrons. The van der Waals surface area contributed by atoms with Gasteiger partial charge in [-0.25, -0.2) is 9.67 Å². The van der Waals surface area contributed by atoms with Crippen molar-refractivity contribution in [2.75, 3.05) is 5.73 Å². The number of nitrogen functional groups attached to an aromatic ring is 1. The smallest absolute Gasteiger partial charge is 0.406 e. The lowest BCUT2D eigenvalue weighted by Crippen LogP contribution is -2.17. The Balaban J connectivity index is 1.68. The summed E-state index contributed by atoms with van der Waals surface area (Å²) in [6, 6.07) is 13.1. The summed E-state index contributed by atoms with van der Waals surface area (Å²) < 4.78 is 42.0. The van der Waals surface area contributed by atoms with Crippen LogP contribution >= 0.6 is 0 Å². The molecule has 0 fully saturated rings. The fourth-order valence-electron chi connectivity index (χ4n) is 2.53. The third kappa shape index (κ3) is 4.53. The highest BCUT2D eigenvalue weighted by Crippen LogP contribution is 2.24. The van der Waals surface area contributed by atoms with Crippen molar-refractivity contribution in [1.29, 1.82) is 0 Å². The largest absolute Gasteiger partial charge is 0.573 e. The molecule has 3 rings (SSSR count). The van der Waals surface area contributed by atoms with Gasteiger partial charge >= 0.3 is 6.36 Å². The van der Waals surface area contributed by atoms with Crippen molar-refractivity contribution in [2.24, 2.45) is 0 Å². The van der Waals surface area contributed by atoms with Crippen LogP contribution in [0, 0.1) is 0 Å². The van der Waals surface area contributed by atoms with Crippen LogP contribution in [0.2, 0.25) is 0 Å². The van der Waals surface area contributed by atoms with Crippen molar-refractivity contribution in [2.45, 2.75) is 25.6 Å². The number of nitrogens with zero attached hydrogens (tertiary/aromatic N) is 3. The summed E-state index contributed by atoms with van der Waals surface area (Å²) in [5.74, 6) is 0.567. The molecule has 0 aliphatic carbocycles. The molecule has 2 N–H and O–H groups in total. The number of rotatable bonds is 5. The van der Waals surface area contributed by atoms with Crippen LogP contribution in [0.25, 0.3) is 5.69 Å². The van der Waals surface area contributed by atoms with Crippen molar-refractivity contribution in [3.05, 3.63) is 66.2 Å². The first-order valence-electron chi connectivity index (χ1n) is 7.92. The Labute approximate surface area is 148 Å². The van der Waals surface area contributed by atoms with E-state index < -0.39 is 6.36 Å². The second-order valence-corrected chi connectivity index (χ2v) is 5.92. The van der Waals surface area contributed by atoms with Gasteiger partial charge in [0.2, 0.25) is 0 Å². The Morgan fingerprint density at radius 1 is 1.08 bits per heavy atom. The standard InChI is InChI=1S/C18H17F3N4O/c1-12(13-2-4-14(22)5-3-13)10-17-23-11-25(24-17)15-6-8-16(9-7-15)26-18(19,20)21/h2-9,11-12H,10,22H2,1H3. The number of anilines is 1. The molecular weight excluding hydrogens is 345 g/mol. The van der Waals surface area contributed by atoms with Crippen LogP contribution in [0.4, 0.5) is 18.9 Å². The van der Waals surface area contributed by atoms with E-state index in [1.165, 1.54) is 35.3 Å². The number of alkyl halides is 3. The van der Waals surface area contributed by atoms with Crippen LogP contribution in [0.15, 0.2) is 54.9 Å². The molecule has 0 aliphatic rings. The highest BCUT2D eigenvalue weighted by atomic mass is 19.4. The van der Waals surface area contributed by atoms with Gasteiger partial charge in [0.15, 0.2) is 5.82 Å². The molecule has 1 heterocycles. The summed E-state index contributed by atoms with van der Waals surface area (Å²) in [6.07, 6.45) is -2.54. The van der Waals surface area contributed by atoms with E-state index in [9.17, 15) is 13.2 Å². The molecule has 0 spiro atoms. The lowest BCUT2D eigenvalue weighted by molar-refractivity contribution is -0.274. The van der Waals surface area contributed by atoms with Crippen molar-refractivity contribution in [3.8, 4) is 11.4 Å². The topological polar surface area (TPSA) is 66.0 Å². The minimum Gasteiger partial charge on any atom is -0.406 e. The summed E-state index contributed by atoms with van der Waals surface area (Å²) in [4.78, 5) is 4.27. The zero-order chi connectivity index (χ0) is 18.7. The Hall–Kier alpha value is -3.03. The van der Waals surface area contributed by atoms with Gasteiger partial charge in [0.1, 0.15) is 12.1 Å². The highest BCUT2D eigenvalue weighted by molar-refractivity contribution is 5.40. The summed E-state index contributed by atoms with van der Waals surface area (Å²) in [7, 11) is 0. The average molecular weight is 362 g/mol. The lowest BCUT2D eigenvalue weighted by Gasteiger charge is -2.10. The Morgan fingerprint density at radius 3 is 2.35 bits per heavy atom. The SMILES string of the molecule is CC(Cc1ncn(-c2ccc(OC(F)(F)F)cc2)n1)c1ccc(N)cc1. The Morgan fingerprint density at radius 2 is 1.73 bits per heavy atom. The summed E-state index contributed by atoms with van der Waals surface area (Å²) >= 11 is 0. The maximum Gasteiger partial charge on any atom is 0.573 e. The first-order chi connectivity index (χ1) is 12.3. The van der Waals surface area contributed by atoms with Gasteiger partial charge in [-0.3, -0.25) is 0 Å². The average Bonchev–Trinajstić information content (AvgIpc) is 3.03. The van der Waals surface area contributed by atoms with E-state index in [1.807, 2.05) is 24.3 Å². The number of hydrogen-bond donors (Lipinski definition) is 1. The number of ether oxygens (including phenoxy) is 1. The zero-order valence-electron chi connectivity index (χ0n) is 13.9. The van der Waals surface area contributed by atoms with E-state index >= 15 is 0 Å². The number of halogens is 3. The molecule has 0 aliphatic heterocycles. The molecule has 3 aromatic rings. The molecular formula is C18H17F3N4O. The second-order valence-electron chi connectivity index (χ2n) is 5.92. The van der Waals surface area contributed by atoms with Crippen LogP contribution in [-0.4, -0.2) is 21.1 Å². The minimum atomic E-state index is -4.71. The molecule has 8 heteroatoms. The van der Waals surface area contributed by atoms with E-state index in [0.717, 1.165) is 5.56 Å². The van der Waals surface area contributed by atoms with Gasteiger partial charge in [-0.05, 0) is 47.9 Å². The highest BCUT2D eigenvalue weighted by Gasteiger charge is 2.31. The van der Waals surface area contributed by atoms with Crippen LogP contribution in [0.1, 0.15) is 24.2 Å². The third-order valence-corrected chi connectivity index (χ3v) is 3.87. The van der Waals surface area contributed by atoms with Gasteiger partial charge in [0, 0.05) is 12.1 Å². The number of nitrogens with two attached hydrogens (primary N) is 1. The normalized spacial score (nSPS) is 12.8. The minimum absolute atomic E-state index is 0.203. The number of hydrogen-bond acceptors (Lipinski definition) is 4. The fraction of sp³-hybridized carbons (Fsp3) is 0.222. The fourth-order valence-corrected chi connectivity index (χ4v) is 2.53. The molecule has 1 atom stereocenters. The Bertz CT molecular complexity index is 857. The monoisotopic (exact) mass is 362 g/mol. The maximum absolute atomic E-state index is 12.2. The van der Waals surface area contributed by atoms with Crippen molar-refractivity contribution >= 4 is 5.69 Å². The Kier molecular flexibility index (Phi) is 4.83. The van der Waals surface area contributed by atoms with E-state index in [1.54, 1.807) is 0 Å². The predicted molar refractivity (Wildman–Crippen MR) is 91.0 cm³/mol. The van der Waals surface area contributed by atoms with E-state index in [-0.39, 0.29) is 11.7 Å². The van der Waals surface area contributed by atoms with Crippen molar-refractivity contribution in [3.63, 3.8) is 0 Å². The lowest BCUT2D eigenvalue weighted by atomic mass is 9.97. The molecule has 1 unspecified atom stereocenters. The van der Waals surface area contributed by atoms with Crippen LogP contribution in [0.5, 0.6) is 5.75 Å². The third-order valence-electron chi connectivity index (χ3n) is 3.87. The van der Waals surface area contributed by atoms with Gasteiger partial charge in [0.25, 0.3) is 0 Å². The van der Waals surface area contributed by atoms with Gasteiger partial charge < -0.3 is 10.5 Å². The van der Waals surface area contributed by atoms with E-state index in [0.29, 0.717) is 23.6 Å². The van der Waals surface area contributed by atoms with Gasteiger partial charge in [-0.1, -0.05) is 19.1 Å². The van der Waals surface area contributed by atoms with Crippen LogP contribution < -0.4 is 10.5 Å². The molecule has 0 amide bonds. The van der Waals surface area contributed by atoms with Gasteiger partial charge in [-0.2, -0.15) is 5.10 Å². The number of aromatic nitrogens is 3. The summed E-state index contributed by atoms with van der Waals surface area (Å²) in [5, 5.41) is 4.39. The van der Waals surface area contributed by atoms with E-state index in [4.69, 9.17) is 5.73 Å². The first kappa shape index (κ1) is 17.8. The molecule has 0 saturated carbocycles. The molecule has 26 heavy (non-hydrogen) atoms. The predicted octanol–water partition coefficient (Wildman–Crippen LogP) is 4.09. The molecule has 2 aromatic carbocycles. The second kappa shape index (κ2) is 7.07. The van der Waals surface area contributed by atoms with Crippen LogP contribution in [0.3, 0.4) is 0 Å². The quantitative estimate of drug-likeness (QED) is 0.694. The molecule has 1 aromatic heterocycles. The molecule has 0 bridgehead atoms.